The summed E-state index contributed by atoms with van der Waals surface area (Å²) in [6.07, 6.45) is 11.0. The van der Waals surface area contributed by atoms with Crippen molar-refractivity contribution in [3.8, 4) is 17.3 Å². The minimum atomic E-state index is -0.147. The molecule has 9 nitrogen and oxygen atoms in total. The molecule has 9 heteroatoms. The topological polar surface area (TPSA) is 111 Å². The normalized spacial score (nSPS) is 14.9. The predicted molar refractivity (Wildman–Crippen MR) is 99.8 cm³/mol. The summed E-state index contributed by atoms with van der Waals surface area (Å²) in [6, 6.07) is 3.73. The number of aromatic nitrogens is 8. The van der Waals surface area contributed by atoms with E-state index < -0.39 is 0 Å². The van der Waals surface area contributed by atoms with Crippen LogP contribution in [0.4, 0.5) is 0 Å². The molecule has 0 aromatic carbocycles. The minimum Gasteiger partial charge on any atom is -0.263 e. The predicted octanol–water partition coefficient (Wildman–Crippen LogP) is 2.37. The van der Waals surface area contributed by atoms with Gasteiger partial charge in [0.2, 0.25) is 0 Å². The van der Waals surface area contributed by atoms with E-state index in [-0.39, 0.29) is 6.04 Å². The zero-order valence-corrected chi connectivity index (χ0v) is 15.3. The van der Waals surface area contributed by atoms with E-state index >= 15 is 0 Å². The molecule has 138 valence electrons. The fourth-order valence-electron chi connectivity index (χ4n) is 3.28. The van der Waals surface area contributed by atoms with Gasteiger partial charge in [-0.3, -0.25) is 9.67 Å². The molecular formula is C19H17N9. The van der Waals surface area contributed by atoms with E-state index in [1.54, 1.807) is 18.5 Å². The van der Waals surface area contributed by atoms with E-state index in [1.807, 2.05) is 22.5 Å². The lowest BCUT2D eigenvalue weighted by Gasteiger charge is -2.09. The smallest absolute Gasteiger partial charge is 0.162 e. The highest BCUT2D eigenvalue weighted by molar-refractivity contribution is 5.90. The molecule has 1 aliphatic carbocycles. The summed E-state index contributed by atoms with van der Waals surface area (Å²) >= 11 is 0. The summed E-state index contributed by atoms with van der Waals surface area (Å²) in [5, 5.41) is 23.4. The van der Waals surface area contributed by atoms with Gasteiger partial charge in [0.05, 0.1) is 23.2 Å². The maximum absolute atomic E-state index is 9.18. The Morgan fingerprint density at radius 3 is 2.96 bits per heavy atom. The fourth-order valence-corrected chi connectivity index (χ4v) is 3.28. The zero-order valence-electron chi connectivity index (χ0n) is 15.3. The van der Waals surface area contributed by atoms with Crippen LogP contribution in [0.3, 0.4) is 0 Å². The number of pyridine rings is 1. The van der Waals surface area contributed by atoms with Crippen LogP contribution in [-0.4, -0.2) is 39.7 Å². The average molecular weight is 371 g/mol. The third-order valence-corrected chi connectivity index (χ3v) is 5.01. The first-order chi connectivity index (χ1) is 13.7. The Hall–Kier alpha value is -3.67. The molecular weight excluding hydrogens is 354 g/mol. The summed E-state index contributed by atoms with van der Waals surface area (Å²) < 4.78 is 3.74. The van der Waals surface area contributed by atoms with Gasteiger partial charge < -0.3 is 0 Å². The SMILES string of the molecule is CC(c1cn(CC2CC2)nn1)n1nc(-c2cncc(C#N)c2)c2cncnc21. The first-order valence-corrected chi connectivity index (χ1v) is 9.16. The summed E-state index contributed by atoms with van der Waals surface area (Å²) in [5.74, 6) is 0.731. The van der Waals surface area contributed by atoms with Crippen LogP contribution >= 0.6 is 0 Å². The molecule has 1 fully saturated rings. The minimum absolute atomic E-state index is 0.147. The van der Waals surface area contributed by atoms with Gasteiger partial charge in [-0.15, -0.1) is 5.10 Å². The molecule has 0 spiro atoms. The standard InChI is InChI=1S/C19H17N9/c1-12(17-10-27(26-24-17)9-13-2-3-13)28-19-16(8-22-11-23-19)18(25-28)15-4-14(5-20)6-21-7-15/h4,6-8,10-13H,2-3,9H2,1H3. The second-order valence-corrected chi connectivity index (χ2v) is 7.11. The first-order valence-electron chi connectivity index (χ1n) is 9.16. The molecule has 0 N–H and O–H groups in total. The maximum Gasteiger partial charge on any atom is 0.162 e. The lowest BCUT2D eigenvalue weighted by molar-refractivity contribution is 0.543. The highest BCUT2D eigenvalue weighted by Crippen LogP contribution is 2.31. The van der Waals surface area contributed by atoms with Crippen molar-refractivity contribution in [1.29, 1.82) is 5.26 Å². The van der Waals surface area contributed by atoms with Crippen LogP contribution in [0.1, 0.15) is 37.1 Å². The lowest BCUT2D eigenvalue weighted by Crippen LogP contribution is -2.10. The van der Waals surface area contributed by atoms with Crippen molar-refractivity contribution in [2.24, 2.45) is 5.92 Å². The third kappa shape index (κ3) is 2.89. The largest absolute Gasteiger partial charge is 0.263 e. The molecule has 0 radical (unpaired) electrons. The van der Waals surface area contributed by atoms with Crippen LogP contribution in [0.5, 0.6) is 0 Å². The van der Waals surface area contributed by atoms with E-state index in [0.29, 0.717) is 16.9 Å². The van der Waals surface area contributed by atoms with Crippen LogP contribution in [0.25, 0.3) is 22.3 Å². The van der Waals surface area contributed by atoms with Crippen LogP contribution < -0.4 is 0 Å². The van der Waals surface area contributed by atoms with Crippen LogP contribution in [-0.2, 0) is 6.54 Å². The number of hydrogen-bond donors (Lipinski definition) is 0. The molecule has 0 bridgehead atoms. The number of nitriles is 1. The zero-order chi connectivity index (χ0) is 19.1. The van der Waals surface area contributed by atoms with E-state index in [9.17, 15) is 5.26 Å². The lowest BCUT2D eigenvalue weighted by atomic mass is 10.1. The molecule has 4 aromatic heterocycles. The summed E-state index contributed by atoms with van der Waals surface area (Å²) in [4.78, 5) is 12.7. The monoisotopic (exact) mass is 371 g/mol. The van der Waals surface area contributed by atoms with Crippen LogP contribution in [0.2, 0.25) is 0 Å². The van der Waals surface area contributed by atoms with E-state index in [1.165, 1.54) is 25.4 Å². The number of rotatable bonds is 5. The molecule has 1 saturated carbocycles. The Morgan fingerprint density at radius 2 is 2.14 bits per heavy atom. The third-order valence-electron chi connectivity index (χ3n) is 5.01. The van der Waals surface area contributed by atoms with Gasteiger partial charge in [0.25, 0.3) is 0 Å². The van der Waals surface area contributed by atoms with Crippen molar-refractivity contribution >= 4 is 11.0 Å². The van der Waals surface area contributed by atoms with Crippen molar-refractivity contribution < 1.29 is 0 Å². The van der Waals surface area contributed by atoms with Gasteiger partial charge in [0.15, 0.2) is 5.65 Å². The Bertz CT molecular complexity index is 1200. The Balaban J connectivity index is 1.57. The Labute approximate surface area is 160 Å². The first kappa shape index (κ1) is 16.5. The van der Waals surface area contributed by atoms with Crippen molar-refractivity contribution in [3.63, 3.8) is 0 Å². The van der Waals surface area contributed by atoms with E-state index in [4.69, 9.17) is 5.10 Å². The average Bonchev–Trinajstić information content (AvgIpc) is 3.28. The summed E-state index contributed by atoms with van der Waals surface area (Å²) in [7, 11) is 0. The van der Waals surface area contributed by atoms with E-state index in [0.717, 1.165) is 29.1 Å². The van der Waals surface area contributed by atoms with Gasteiger partial charge >= 0.3 is 0 Å². The van der Waals surface area contributed by atoms with E-state index in [2.05, 4.69) is 31.3 Å². The van der Waals surface area contributed by atoms with Crippen LogP contribution in [0, 0.1) is 17.2 Å². The highest BCUT2D eigenvalue weighted by Gasteiger charge is 2.24. The Kier molecular flexibility index (Phi) is 3.83. The van der Waals surface area contributed by atoms with Crippen molar-refractivity contribution in [2.45, 2.75) is 32.4 Å². The van der Waals surface area contributed by atoms with Crippen molar-refractivity contribution in [3.05, 3.63) is 48.4 Å². The molecule has 4 aromatic rings. The second kappa shape index (κ2) is 6.49. The molecule has 0 saturated heterocycles. The molecule has 0 amide bonds. The molecule has 1 unspecified atom stereocenters. The van der Waals surface area contributed by atoms with Gasteiger partial charge in [-0.2, -0.15) is 10.4 Å². The van der Waals surface area contributed by atoms with Gasteiger partial charge in [0, 0.05) is 30.7 Å². The number of fused-ring (bicyclic) bond motifs is 1. The van der Waals surface area contributed by atoms with Gasteiger partial charge in [0.1, 0.15) is 23.8 Å². The second-order valence-electron chi connectivity index (χ2n) is 7.11. The van der Waals surface area contributed by atoms with Crippen molar-refractivity contribution in [2.75, 3.05) is 0 Å². The molecule has 0 aliphatic heterocycles. The molecule has 28 heavy (non-hydrogen) atoms. The molecule has 1 atom stereocenters. The summed E-state index contributed by atoms with van der Waals surface area (Å²) in [5.41, 5.74) is 3.46. The number of nitrogens with zero attached hydrogens (tertiary/aromatic N) is 9. The molecule has 5 rings (SSSR count). The van der Waals surface area contributed by atoms with Gasteiger partial charge in [-0.25, -0.2) is 14.6 Å². The van der Waals surface area contributed by atoms with Crippen LogP contribution in [0.15, 0.2) is 37.2 Å². The molecule has 4 heterocycles. The quantitative estimate of drug-likeness (QED) is 0.529. The number of hydrogen-bond acceptors (Lipinski definition) is 7. The fraction of sp³-hybridized carbons (Fsp3) is 0.316. The Morgan fingerprint density at radius 1 is 1.25 bits per heavy atom. The molecule has 1 aliphatic rings. The maximum atomic E-state index is 9.18. The van der Waals surface area contributed by atoms with Gasteiger partial charge in [-0.05, 0) is 31.7 Å². The van der Waals surface area contributed by atoms with Gasteiger partial charge in [-0.1, -0.05) is 5.21 Å². The van der Waals surface area contributed by atoms with Crippen molar-refractivity contribution in [1.82, 2.24) is 39.7 Å². The highest BCUT2D eigenvalue weighted by atomic mass is 15.4. The summed E-state index contributed by atoms with van der Waals surface area (Å²) in [6.45, 7) is 2.94.